The molecule has 0 saturated carbocycles. The van der Waals surface area contributed by atoms with Crippen molar-refractivity contribution in [2.45, 2.75) is 20.3 Å². The molecular formula is C15H19N5O. The number of nitrogens with zero attached hydrogens (tertiary/aromatic N) is 3. The Morgan fingerprint density at radius 3 is 2.81 bits per heavy atom. The summed E-state index contributed by atoms with van der Waals surface area (Å²) in [4.78, 5) is 24.6. The predicted molar refractivity (Wildman–Crippen MR) is 81.2 cm³/mol. The van der Waals surface area contributed by atoms with Gasteiger partial charge in [-0.15, -0.1) is 0 Å². The first-order valence-electron chi connectivity index (χ1n) is 6.96. The van der Waals surface area contributed by atoms with Gasteiger partial charge in [0.15, 0.2) is 0 Å². The third-order valence-electron chi connectivity index (χ3n) is 2.95. The standard InChI is InChI=1S/C15H19N5O/c1-3-13-12(10-19-11(2)20-13)15(21)18-9-8-17-14-6-4-5-7-16-14/h4-7,10H,3,8-9H2,1-2H3,(H,16,17)(H,18,21). The fourth-order valence-corrected chi connectivity index (χ4v) is 1.91. The van der Waals surface area contributed by atoms with Gasteiger partial charge in [0.05, 0.1) is 11.3 Å². The summed E-state index contributed by atoms with van der Waals surface area (Å²) in [5.41, 5.74) is 1.32. The molecule has 0 aliphatic heterocycles. The lowest BCUT2D eigenvalue weighted by Gasteiger charge is -2.09. The topological polar surface area (TPSA) is 79.8 Å². The van der Waals surface area contributed by atoms with Gasteiger partial charge in [0.1, 0.15) is 11.6 Å². The zero-order valence-electron chi connectivity index (χ0n) is 12.3. The highest BCUT2D eigenvalue weighted by Gasteiger charge is 2.11. The molecule has 2 rings (SSSR count). The number of pyridine rings is 1. The van der Waals surface area contributed by atoms with Crippen molar-refractivity contribution in [3.8, 4) is 0 Å². The summed E-state index contributed by atoms with van der Waals surface area (Å²) in [6, 6.07) is 5.65. The van der Waals surface area contributed by atoms with E-state index in [1.54, 1.807) is 12.4 Å². The van der Waals surface area contributed by atoms with Crippen molar-refractivity contribution in [2.24, 2.45) is 0 Å². The molecule has 2 N–H and O–H groups in total. The number of aryl methyl sites for hydroxylation is 2. The second kappa shape index (κ2) is 7.33. The molecule has 2 heterocycles. The van der Waals surface area contributed by atoms with E-state index in [-0.39, 0.29) is 5.91 Å². The van der Waals surface area contributed by atoms with Crippen LogP contribution in [0.5, 0.6) is 0 Å². The first-order chi connectivity index (χ1) is 10.2. The highest BCUT2D eigenvalue weighted by Crippen LogP contribution is 2.06. The molecule has 2 aromatic rings. The Morgan fingerprint density at radius 2 is 2.10 bits per heavy atom. The molecule has 0 aliphatic rings. The summed E-state index contributed by atoms with van der Waals surface area (Å²) in [6.07, 6.45) is 4.01. The summed E-state index contributed by atoms with van der Waals surface area (Å²) in [6.45, 7) is 4.90. The van der Waals surface area contributed by atoms with E-state index in [0.717, 1.165) is 11.5 Å². The lowest BCUT2D eigenvalue weighted by molar-refractivity contribution is 0.0953. The Morgan fingerprint density at radius 1 is 1.24 bits per heavy atom. The van der Waals surface area contributed by atoms with Crippen LogP contribution < -0.4 is 10.6 Å². The maximum Gasteiger partial charge on any atom is 0.254 e. The van der Waals surface area contributed by atoms with Crippen LogP contribution in [0, 0.1) is 6.92 Å². The predicted octanol–water partition coefficient (Wildman–Crippen LogP) is 1.58. The number of amides is 1. The molecule has 0 atom stereocenters. The lowest BCUT2D eigenvalue weighted by Crippen LogP contribution is -2.30. The van der Waals surface area contributed by atoms with E-state index in [0.29, 0.717) is 30.9 Å². The lowest BCUT2D eigenvalue weighted by atomic mass is 10.2. The molecule has 6 heteroatoms. The molecule has 0 aliphatic carbocycles. The van der Waals surface area contributed by atoms with Crippen LogP contribution in [0.25, 0.3) is 0 Å². The maximum atomic E-state index is 12.1. The number of hydrogen-bond acceptors (Lipinski definition) is 5. The van der Waals surface area contributed by atoms with E-state index in [1.807, 2.05) is 32.0 Å². The van der Waals surface area contributed by atoms with Crippen molar-refractivity contribution in [1.29, 1.82) is 0 Å². The third-order valence-corrected chi connectivity index (χ3v) is 2.95. The number of hydrogen-bond donors (Lipinski definition) is 2. The highest BCUT2D eigenvalue weighted by atomic mass is 16.1. The van der Waals surface area contributed by atoms with Crippen LogP contribution >= 0.6 is 0 Å². The van der Waals surface area contributed by atoms with Gasteiger partial charge in [0.2, 0.25) is 0 Å². The number of carbonyl (C=O) groups is 1. The van der Waals surface area contributed by atoms with Crippen molar-refractivity contribution < 1.29 is 4.79 Å². The molecule has 1 amide bonds. The van der Waals surface area contributed by atoms with Crippen LogP contribution in [0.2, 0.25) is 0 Å². The van der Waals surface area contributed by atoms with Crippen molar-refractivity contribution in [3.05, 3.63) is 47.7 Å². The van der Waals surface area contributed by atoms with E-state index in [1.165, 1.54) is 0 Å². The van der Waals surface area contributed by atoms with Crippen molar-refractivity contribution >= 4 is 11.7 Å². The average Bonchev–Trinajstić information content (AvgIpc) is 2.52. The highest BCUT2D eigenvalue weighted by molar-refractivity contribution is 5.94. The van der Waals surface area contributed by atoms with Crippen molar-refractivity contribution in [2.75, 3.05) is 18.4 Å². The van der Waals surface area contributed by atoms with Gasteiger partial charge in [-0.25, -0.2) is 15.0 Å². The van der Waals surface area contributed by atoms with Crippen LogP contribution in [0.4, 0.5) is 5.82 Å². The maximum absolute atomic E-state index is 12.1. The fraction of sp³-hybridized carbons (Fsp3) is 0.333. The molecular weight excluding hydrogens is 266 g/mol. The van der Waals surface area contributed by atoms with Gasteiger partial charge in [-0.3, -0.25) is 4.79 Å². The van der Waals surface area contributed by atoms with Crippen molar-refractivity contribution in [1.82, 2.24) is 20.3 Å². The quantitative estimate of drug-likeness (QED) is 0.788. The molecule has 2 aromatic heterocycles. The first kappa shape index (κ1) is 14.9. The smallest absolute Gasteiger partial charge is 0.254 e. The number of nitrogens with one attached hydrogen (secondary N) is 2. The van der Waals surface area contributed by atoms with Crippen LogP contribution in [-0.4, -0.2) is 33.9 Å². The first-order valence-corrected chi connectivity index (χ1v) is 6.96. The SMILES string of the molecule is CCc1nc(C)ncc1C(=O)NCCNc1ccccn1. The van der Waals surface area contributed by atoms with Crippen LogP contribution in [0.3, 0.4) is 0 Å². The average molecular weight is 285 g/mol. The summed E-state index contributed by atoms with van der Waals surface area (Å²) >= 11 is 0. The summed E-state index contributed by atoms with van der Waals surface area (Å²) in [7, 11) is 0. The second-order valence-corrected chi connectivity index (χ2v) is 4.53. The molecule has 6 nitrogen and oxygen atoms in total. The van der Waals surface area contributed by atoms with Gasteiger partial charge >= 0.3 is 0 Å². The molecule has 0 unspecified atom stereocenters. The van der Waals surface area contributed by atoms with Crippen LogP contribution in [0.1, 0.15) is 28.8 Å². The number of carbonyl (C=O) groups excluding carboxylic acids is 1. The van der Waals surface area contributed by atoms with E-state index >= 15 is 0 Å². The van der Waals surface area contributed by atoms with Gasteiger partial charge in [-0.1, -0.05) is 13.0 Å². The van der Waals surface area contributed by atoms with Gasteiger partial charge in [0.25, 0.3) is 5.91 Å². The molecule has 0 spiro atoms. The molecule has 0 bridgehead atoms. The molecule has 0 saturated heterocycles. The summed E-state index contributed by atoms with van der Waals surface area (Å²) in [5, 5.41) is 5.99. The van der Waals surface area contributed by atoms with E-state index in [4.69, 9.17) is 0 Å². The zero-order chi connectivity index (χ0) is 15.1. The molecule has 0 aromatic carbocycles. The Balaban J connectivity index is 1.85. The fourth-order valence-electron chi connectivity index (χ4n) is 1.91. The Bertz CT molecular complexity index is 600. The van der Waals surface area contributed by atoms with Gasteiger partial charge in [-0.2, -0.15) is 0 Å². The summed E-state index contributed by atoms with van der Waals surface area (Å²) in [5.74, 6) is 1.33. The Hall–Kier alpha value is -2.50. The van der Waals surface area contributed by atoms with E-state index < -0.39 is 0 Å². The number of anilines is 1. The van der Waals surface area contributed by atoms with Gasteiger partial charge in [0, 0.05) is 25.5 Å². The van der Waals surface area contributed by atoms with E-state index in [2.05, 4.69) is 25.6 Å². The molecule has 110 valence electrons. The van der Waals surface area contributed by atoms with Crippen LogP contribution in [-0.2, 0) is 6.42 Å². The van der Waals surface area contributed by atoms with Gasteiger partial charge < -0.3 is 10.6 Å². The minimum Gasteiger partial charge on any atom is -0.368 e. The number of aromatic nitrogens is 3. The number of rotatable bonds is 6. The zero-order valence-corrected chi connectivity index (χ0v) is 12.3. The normalized spacial score (nSPS) is 10.2. The van der Waals surface area contributed by atoms with Crippen LogP contribution in [0.15, 0.2) is 30.6 Å². The largest absolute Gasteiger partial charge is 0.368 e. The van der Waals surface area contributed by atoms with Gasteiger partial charge in [-0.05, 0) is 25.5 Å². The Kier molecular flexibility index (Phi) is 5.20. The third kappa shape index (κ3) is 4.24. The monoisotopic (exact) mass is 285 g/mol. The van der Waals surface area contributed by atoms with E-state index in [9.17, 15) is 4.79 Å². The minimum absolute atomic E-state index is 0.144. The second-order valence-electron chi connectivity index (χ2n) is 4.53. The summed E-state index contributed by atoms with van der Waals surface area (Å²) < 4.78 is 0. The molecule has 0 fully saturated rings. The molecule has 21 heavy (non-hydrogen) atoms. The minimum atomic E-state index is -0.144. The van der Waals surface area contributed by atoms with Crippen molar-refractivity contribution in [3.63, 3.8) is 0 Å². The Labute approximate surface area is 124 Å². The molecule has 0 radical (unpaired) electrons.